The van der Waals surface area contributed by atoms with Gasteiger partial charge in [-0.3, -0.25) is 0 Å². The van der Waals surface area contributed by atoms with E-state index in [0.29, 0.717) is 11.6 Å². The Kier molecular flexibility index (Phi) is 11.5. The molecule has 3 aromatic carbocycles. The normalized spacial score (nSPS) is 12.9. The number of nitrogens with zero attached hydrogens (tertiary/aromatic N) is 1. The molecule has 0 saturated heterocycles. The molecule has 248 valence electrons. The van der Waals surface area contributed by atoms with Crippen LogP contribution in [-0.2, 0) is 23.7 Å². The summed E-state index contributed by atoms with van der Waals surface area (Å²) in [7, 11) is 3.67. The standard InChI is InChI=1S/C35H39AsN2O9/c1-35(2,3)47-33(42)36-19-11-16-28(30(39)37-27-20-21(31(40)44-4)17-18-26(27)32(41)45-5)38(34(43)46-6)29-24-14-9-7-12-22(24)23-13-8-10-15-25(23)29/h7-10,12-15,17-18,20,28-29,36H,11,16,19H2,1-6H3,(H,37,39). The van der Waals surface area contributed by atoms with Crippen LogP contribution in [0.4, 0.5) is 15.3 Å². The van der Waals surface area contributed by atoms with Gasteiger partial charge in [0.1, 0.15) is 0 Å². The molecule has 47 heavy (non-hydrogen) atoms. The third kappa shape index (κ3) is 8.21. The molecule has 0 radical (unpaired) electrons. The summed E-state index contributed by atoms with van der Waals surface area (Å²) in [6.45, 7) is 5.42. The Morgan fingerprint density at radius 3 is 1.98 bits per heavy atom. The first-order valence-corrected chi connectivity index (χ1v) is 17.6. The predicted octanol–water partition coefficient (Wildman–Crippen LogP) is 5.98. The molecule has 3 aromatic rings. The summed E-state index contributed by atoms with van der Waals surface area (Å²) in [5.41, 5.74) is 3.00. The quantitative estimate of drug-likeness (QED) is 0.111. The molecule has 0 aliphatic heterocycles. The zero-order valence-electron chi connectivity index (χ0n) is 27.2. The summed E-state index contributed by atoms with van der Waals surface area (Å²) in [6, 6.07) is 17.6. The fourth-order valence-corrected chi connectivity index (χ4v) is 7.56. The molecule has 0 saturated carbocycles. The first kappa shape index (κ1) is 35.2. The number of ether oxygens (including phenoxy) is 4. The molecular formula is C35H39AsN2O9. The van der Waals surface area contributed by atoms with Gasteiger partial charge in [-0.05, 0) is 0 Å². The van der Waals surface area contributed by atoms with Gasteiger partial charge in [-0.25, -0.2) is 0 Å². The van der Waals surface area contributed by atoms with Gasteiger partial charge in [-0.2, -0.15) is 0 Å². The van der Waals surface area contributed by atoms with E-state index in [1.165, 1.54) is 44.4 Å². The molecule has 2 unspecified atom stereocenters. The molecule has 11 nitrogen and oxygen atoms in total. The number of esters is 2. The molecule has 2 atom stereocenters. The number of carbonyl (C=O) groups excluding carboxylic acids is 5. The van der Waals surface area contributed by atoms with Gasteiger partial charge in [0.2, 0.25) is 0 Å². The van der Waals surface area contributed by atoms with Crippen molar-refractivity contribution in [3.05, 3.63) is 89.0 Å². The molecule has 0 spiro atoms. The van der Waals surface area contributed by atoms with Crippen molar-refractivity contribution in [3.63, 3.8) is 0 Å². The van der Waals surface area contributed by atoms with Gasteiger partial charge in [-0.1, -0.05) is 0 Å². The van der Waals surface area contributed by atoms with E-state index >= 15 is 0 Å². The van der Waals surface area contributed by atoms with E-state index in [0.717, 1.165) is 22.3 Å². The van der Waals surface area contributed by atoms with Crippen LogP contribution in [0.3, 0.4) is 0 Å². The van der Waals surface area contributed by atoms with Crippen LogP contribution < -0.4 is 5.32 Å². The van der Waals surface area contributed by atoms with E-state index in [9.17, 15) is 24.0 Å². The zero-order valence-corrected chi connectivity index (χ0v) is 29.3. The summed E-state index contributed by atoms with van der Waals surface area (Å²) in [6.07, 6.45) is -0.146. The van der Waals surface area contributed by atoms with E-state index in [2.05, 4.69) is 5.32 Å². The number of anilines is 1. The van der Waals surface area contributed by atoms with Crippen molar-refractivity contribution in [2.75, 3.05) is 26.6 Å². The van der Waals surface area contributed by atoms with Crippen LogP contribution in [0.15, 0.2) is 66.7 Å². The monoisotopic (exact) mass is 706 g/mol. The van der Waals surface area contributed by atoms with Crippen molar-refractivity contribution < 1.29 is 42.9 Å². The van der Waals surface area contributed by atoms with Crippen LogP contribution in [0.2, 0.25) is 5.21 Å². The minimum absolute atomic E-state index is 0.00465. The van der Waals surface area contributed by atoms with Gasteiger partial charge >= 0.3 is 281 Å². The van der Waals surface area contributed by atoms with Crippen molar-refractivity contribution in [3.8, 4) is 11.1 Å². The number of hydrogen-bond acceptors (Lipinski definition) is 9. The summed E-state index contributed by atoms with van der Waals surface area (Å²) in [5, 5.41) is 3.29. The van der Waals surface area contributed by atoms with E-state index in [-0.39, 0.29) is 28.0 Å². The van der Waals surface area contributed by atoms with E-state index < -0.39 is 57.4 Å². The Balaban J connectivity index is 1.76. The number of nitrogens with one attached hydrogen (secondary N) is 1. The molecule has 12 heteroatoms. The van der Waals surface area contributed by atoms with Crippen molar-refractivity contribution in [2.45, 2.75) is 56.5 Å². The molecule has 0 heterocycles. The van der Waals surface area contributed by atoms with Crippen molar-refractivity contribution in [2.24, 2.45) is 0 Å². The second kappa shape index (κ2) is 15.3. The number of fused-ring (bicyclic) bond motifs is 3. The first-order chi connectivity index (χ1) is 22.4. The first-order valence-electron chi connectivity index (χ1n) is 15.0. The van der Waals surface area contributed by atoms with Gasteiger partial charge in [-0.15, -0.1) is 0 Å². The molecule has 4 rings (SSSR count). The number of amides is 2. The van der Waals surface area contributed by atoms with Crippen LogP contribution in [0.1, 0.15) is 71.5 Å². The van der Waals surface area contributed by atoms with Crippen LogP contribution in [0, 0.1) is 0 Å². The average molecular weight is 707 g/mol. The van der Waals surface area contributed by atoms with Crippen molar-refractivity contribution >= 4 is 50.1 Å². The predicted molar refractivity (Wildman–Crippen MR) is 177 cm³/mol. The Morgan fingerprint density at radius 2 is 1.43 bits per heavy atom. The van der Waals surface area contributed by atoms with Crippen LogP contribution in [0.5, 0.6) is 0 Å². The molecule has 2 amide bonds. The van der Waals surface area contributed by atoms with Crippen molar-refractivity contribution in [1.29, 1.82) is 0 Å². The Bertz CT molecular complexity index is 1620. The average Bonchev–Trinajstić information content (AvgIpc) is 3.38. The van der Waals surface area contributed by atoms with E-state index in [1.54, 1.807) is 20.8 Å². The second-order valence-electron chi connectivity index (χ2n) is 11.8. The fourth-order valence-electron chi connectivity index (χ4n) is 5.54. The number of carbonyl (C=O) groups is 5. The molecule has 0 bridgehead atoms. The van der Waals surface area contributed by atoms with Crippen LogP contribution >= 0.6 is 0 Å². The van der Waals surface area contributed by atoms with Gasteiger partial charge in [0.25, 0.3) is 0 Å². The Morgan fingerprint density at radius 1 is 0.830 bits per heavy atom. The SMILES string of the molecule is COC(=O)c1ccc(C(=O)OC)c(NC(=O)C(CCC[AsH]C(=O)OC(C)(C)C)N(C(=O)OC)C2c3ccccc3-c3ccccc32)c1. The molecule has 1 N–H and O–H groups in total. The van der Waals surface area contributed by atoms with E-state index in [1.807, 2.05) is 48.5 Å². The molecule has 1 aliphatic rings. The Hall–Kier alpha value is -4.63. The summed E-state index contributed by atoms with van der Waals surface area (Å²) in [5.74, 6) is -2.03. The zero-order chi connectivity index (χ0) is 34.3. The van der Waals surface area contributed by atoms with Crippen molar-refractivity contribution in [1.82, 2.24) is 4.90 Å². The number of rotatable bonds is 11. The van der Waals surface area contributed by atoms with Gasteiger partial charge in [0.05, 0.1) is 0 Å². The second-order valence-corrected chi connectivity index (χ2v) is 14.4. The molecular weight excluding hydrogens is 667 g/mol. The minimum atomic E-state index is -1.17. The van der Waals surface area contributed by atoms with E-state index in [4.69, 9.17) is 18.9 Å². The van der Waals surface area contributed by atoms with Gasteiger partial charge < -0.3 is 0 Å². The number of hydrogen-bond donors (Lipinski definition) is 1. The number of methoxy groups -OCH3 is 3. The molecule has 0 aromatic heterocycles. The summed E-state index contributed by atoms with van der Waals surface area (Å²) >= 11 is -1.17. The topological polar surface area (TPSA) is 138 Å². The number of benzene rings is 3. The molecule has 0 fully saturated rings. The third-order valence-electron chi connectivity index (χ3n) is 7.53. The van der Waals surface area contributed by atoms with Crippen LogP contribution in [0.25, 0.3) is 11.1 Å². The maximum atomic E-state index is 14.4. The van der Waals surface area contributed by atoms with Gasteiger partial charge in [0.15, 0.2) is 0 Å². The fraction of sp³-hybridized carbons (Fsp3) is 0.343. The van der Waals surface area contributed by atoms with Gasteiger partial charge in [0, 0.05) is 0 Å². The maximum absolute atomic E-state index is 14.4. The third-order valence-corrected chi connectivity index (χ3v) is 9.62. The Labute approximate surface area is 280 Å². The summed E-state index contributed by atoms with van der Waals surface area (Å²) in [4.78, 5) is 67.0. The molecule has 1 aliphatic carbocycles. The summed E-state index contributed by atoms with van der Waals surface area (Å²) < 4.78 is 20.3. The van der Waals surface area contributed by atoms with Crippen LogP contribution in [-0.4, -0.2) is 82.3 Å².